The van der Waals surface area contributed by atoms with E-state index < -0.39 is 10.0 Å². The predicted molar refractivity (Wildman–Crippen MR) is 132 cm³/mol. The maximum atomic E-state index is 13.0. The first kappa shape index (κ1) is 27.3. The molecule has 0 aromatic heterocycles. The van der Waals surface area contributed by atoms with Crippen molar-refractivity contribution in [1.29, 1.82) is 0 Å². The van der Waals surface area contributed by atoms with Gasteiger partial charge in [-0.1, -0.05) is 24.3 Å². The number of guanidine groups is 1. The van der Waals surface area contributed by atoms with Crippen molar-refractivity contribution in [3.63, 3.8) is 0 Å². The molecule has 0 saturated carbocycles. The van der Waals surface area contributed by atoms with Gasteiger partial charge in [0.25, 0.3) is 0 Å². The highest BCUT2D eigenvalue weighted by atomic mass is 127. The fraction of sp³-hybridized carbons (Fsp3) is 0.381. The highest BCUT2D eigenvalue weighted by molar-refractivity contribution is 14.0. The Bertz CT molecular complexity index is 907. The van der Waals surface area contributed by atoms with E-state index in [0.29, 0.717) is 32.2 Å². The third-order valence-electron chi connectivity index (χ3n) is 4.22. The molecule has 0 atom stereocenters. The van der Waals surface area contributed by atoms with Gasteiger partial charge in [0.1, 0.15) is 5.82 Å². The lowest BCUT2D eigenvalue weighted by Crippen LogP contribution is -2.38. The molecule has 7 nitrogen and oxygen atoms in total. The summed E-state index contributed by atoms with van der Waals surface area (Å²) in [6.07, 6.45) is 0.743. The standard InChI is InChI=1S/C21H29FN4O3S.HI/c1-3-23-21(24-13-12-17-4-8-19(22)9-5-17)25-16-18-6-10-20(11-7-18)30(27,28)26-14-15-29-2;/h4-11,26H,3,12-16H2,1-2H3,(H2,23,24,25);1H. The van der Waals surface area contributed by atoms with E-state index >= 15 is 0 Å². The van der Waals surface area contributed by atoms with Crippen LogP contribution >= 0.6 is 24.0 Å². The number of methoxy groups -OCH3 is 1. The molecular weight excluding hydrogens is 534 g/mol. The topological polar surface area (TPSA) is 91.8 Å². The number of aliphatic imine (C=N–C) groups is 1. The number of rotatable bonds is 11. The number of nitrogens with zero attached hydrogens (tertiary/aromatic N) is 1. The zero-order valence-electron chi connectivity index (χ0n) is 17.7. The molecule has 0 bridgehead atoms. The maximum absolute atomic E-state index is 13.0. The van der Waals surface area contributed by atoms with Gasteiger partial charge in [0.2, 0.25) is 10.0 Å². The highest BCUT2D eigenvalue weighted by Gasteiger charge is 2.12. The number of ether oxygens (including phenoxy) is 1. The Morgan fingerprint density at radius 2 is 1.65 bits per heavy atom. The number of hydrogen-bond acceptors (Lipinski definition) is 4. The molecule has 0 fully saturated rings. The average molecular weight is 564 g/mol. The van der Waals surface area contributed by atoms with E-state index in [1.807, 2.05) is 6.92 Å². The first-order valence-electron chi connectivity index (χ1n) is 9.78. The van der Waals surface area contributed by atoms with E-state index in [1.165, 1.54) is 19.2 Å². The van der Waals surface area contributed by atoms with Crippen molar-refractivity contribution in [2.24, 2.45) is 4.99 Å². The van der Waals surface area contributed by atoms with Crippen LogP contribution < -0.4 is 15.4 Å². The van der Waals surface area contributed by atoms with Crippen molar-refractivity contribution in [2.75, 3.05) is 33.4 Å². The summed E-state index contributed by atoms with van der Waals surface area (Å²) in [5.74, 6) is 0.420. The van der Waals surface area contributed by atoms with Crippen molar-refractivity contribution in [3.05, 3.63) is 65.5 Å². The predicted octanol–water partition coefficient (Wildman–Crippen LogP) is 2.67. The van der Waals surface area contributed by atoms with Crippen molar-refractivity contribution in [2.45, 2.75) is 24.8 Å². The van der Waals surface area contributed by atoms with Gasteiger partial charge in [0.15, 0.2) is 5.96 Å². The van der Waals surface area contributed by atoms with E-state index in [2.05, 4.69) is 20.3 Å². The van der Waals surface area contributed by atoms with Crippen LogP contribution in [0.2, 0.25) is 0 Å². The second-order valence-electron chi connectivity index (χ2n) is 6.53. The minimum absolute atomic E-state index is 0. The van der Waals surface area contributed by atoms with Gasteiger partial charge >= 0.3 is 0 Å². The Hall–Kier alpha value is -1.76. The summed E-state index contributed by atoms with van der Waals surface area (Å²) in [7, 11) is -2.03. The fourth-order valence-corrected chi connectivity index (χ4v) is 3.64. The number of halogens is 2. The summed E-state index contributed by atoms with van der Waals surface area (Å²) in [6, 6.07) is 13.1. The number of nitrogens with one attached hydrogen (secondary N) is 3. The lowest BCUT2D eigenvalue weighted by atomic mass is 10.1. The zero-order valence-corrected chi connectivity index (χ0v) is 20.9. The largest absolute Gasteiger partial charge is 0.383 e. The minimum Gasteiger partial charge on any atom is -0.383 e. The van der Waals surface area contributed by atoms with Gasteiger partial charge in [-0.3, -0.25) is 0 Å². The summed E-state index contributed by atoms with van der Waals surface area (Å²) in [5.41, 5.74) is 1.93. The van der Waals surface area contributed by atoms with Crippen molar-refractivity contribution in [1.82, 2.24) is 15.4 Å². The van der Waals surface area contributed by atoms with E-state index in [0.717, 1.165) is 17.5 Å². The molecule has 0 radical (unpaired) electrons. The van der Waals surface area contributed by atoms with Crippen molar-refractivity contribution in [3.8, 4) is 0 Å². The molecule has 3 N–H and O–H groups in total. The van der Waals surface area contributed by atoms with Crippen LogP contribution in [0, 0.1) is 5.82 Å². The molecular formula is C21H30FIN4O3S. The van der Waals surface area contributed by atoms with Crippen LogP contribution in [0.3, 0.4) is 0 Å². The minimum atomic E-state index is -3.54. The Balaban J connectivity index is 0.00000480. The fourth-order valence-electron chi connectivity index (χ4n) is 2.62. The molecule has 0 unspecified atom stereocenters. The van der Waals surface area contributed by atoms with Gasteiger partial charge < -0.3 is 15.4 Å². The molecule has 0 amide bonds. The van der Waals surface area contributed by atoms with Crippen LogP contribution in [-0.4, -0.2) is 47.7 Å². The molecule has 2 aromatic carbocycles. The second-order valence-corrected chi connectivity index (χ2v) is 8.30. The summed E-state index contributed by atoms with van der Waals surface area (Å²) < 4.78 is 44.7. The summed E-state index contributed by atoms with van der Waals surface area (Å²) in [6.45, 7) is 4.29. The molecule has 0 heterocycles. The van der Waals surface area contributed by atoms with Crippen LogP contribution in [0.4, 0.5) is 4.39 Å². The summed E-state index contributed by atoms with van der Waals surface area (Å²) in [5, 5.41) is 6.42. The Labute approximate surface area is 201 Å². The van der Waals surface area contributed by atoms with Crippen molar-refractivity contribution >= 4 is 40.0 Å². The Morgan fingerprint density at radius 1 is 1.00 bits per heavy atom. The average Bonchev–Trinajstić information content (AvgIpc) is 2.74. The Kier molecular flexibility index (Phi) is 12.6. The van der Waals surface area contributed by atoms with E-state index in [1.54, 1.807) is 36.4 Å². The first-order chi connectivity index (χ1) is 14.4. The van der Waals surface area contributed by atoms with E-state index in [9.17, 15) is 12.8 Å². The number of sulfonamides is 1. The Morgan fingerprint density at radius 3 is 2.26 bits per heavy atom. The van der Waals surface area contributed by atoms with Crippen LogP contribution in [0.1, 0.15) is 18.1 Å². The first-order valence-corrected chi connectivity index (χ1v) is 11.3. The highest BCUT2D eigenvalue weighted by Crippen LogP contribution is 2.11. The molecule has 10 heteroatoms. The molecule has 31 heavy (non-hydrogen) atoms. The summed E-state index contributed by atoms with van der Waals surface area (Å²) >= 11 is 0. The number of hydrogen-bond donors (Lipinski definition) is 3. The molecule has 0 aliphatic heterocycles. The van der Waals surface area contributed by atoms with Gasteiger partial charge in [-0.25, -0.2) is 22.5 Å². The smallest absolute Gasteiger partial charge is 0.240 e. The monoisotopic (exact) mass is 564 g/mol. The molecule has 2 aromatic rings. The maximum Gasteiger partial charge on any atom is 0.240 e. The van der Waals surface area contributed by atoms with Gasteiger partial charge in [-0.2, -0.15) is 0 Å². The molecule has 0 saturated heterocycles. The molecule has 0 aliphatic rings. The third kappa shape index (κ3) is 9.93. The van der Waals surface area contributed by atoms with Gasteiger partial charge in [-0.05, 0) is 48.7 Å². The normalized spacial score (nSPS) is 11.6. The number of benzene rings is 2. The second kappa shape index (κ2) is 14.3. The van der Waals surface area contributed by atoms with Gasteiger partial charge in [-0.15, -0.1) is 24.0 Å². The quantitative estimate of drug-likeness (QED) is 0.169. The molecule has 172 valence electrons. The van der Waals surface area contributed by atoms with Crippen LogP contribution in [-0.2, 0) is 27.7 Å². The zero-order chi connectivity index (χ0) is 21.8. The van der Waals surface area contributed by atoms with E-state index in [4.69, 9.17) is 4.74 Å². The van der Waals surface area contributed by atoms with E-state index in [-0.39, 0.29) is 41.2 Å². The van der Waals surface area contributed by atoms with Crippen LogP contribution in [0.5, 0.6) is 0 Å². The SMILES string of the molecule is CCNC(=NCc1ccc(S(=O)(=O)NCCOC)cc1)NCCc1ccc(F)cc1.I. The molecule has 0 spiro atoms. The van der Waals surface area contributed by atoms with Crippen LogP contribution in [0.15, 0.2) is 58.4 Å². The molecule has 2 rings (SSSR count). The van der Waals surface area contributed by atoms with Gasteiger partial charge in [0.05, 0.1) is 18.0 Å². The lowest BCUT2D eigenvalue weighted by Gasteiger charge is -2.11. The molecule has 0 aliphatic carbocycles. The summed E-state index contributed by atoms with van der Waals surface area (Å²) in [4.78, 5) is 4.74. The van der Waals surface area contributed by atoms with Crippen molar-refractivity contribution < 1.29 is 17.5 Å². The lowest BCUT2D eigenvalue weighted by molar-refractivity contribution is 0.204. The van der Waals surface area contributed by atoms with Gasteiger partial charge in [0, 0.05) is 26.7 Å². The third-order valence-corrected chi connectivity index (χ3v) is 5.69. The van der Waals surface area contributed by atoms with Crippen LogP contribution in [0.25, 0.3) is 0 Å².